The average molecular weight is 269 g/mol. The maximum atomic E-state index is 12.5. The molecule has 9 heteroatoms. The molecule has 0 spiro atoms. The number of carbonyl (C=O) groups is 2. The first kappa shape index (κ1) is 13.4. The zero-order valence-electron chi connectivity index (χ0n) is 8.37. The number of rotatable bonds is 3. The number of hydrogen-bond acceptors (Lipinski definition) is 5. The van der Waals surface area contributed by atoms with E-state index in [4.69, 9.17) is 5.11 Å². The molecule has 0 unspecified atom stereocenters. The second-order valence-corrected chi connectivity index (χ2v) is 3.72. The van der Waals surface area contributed by atoms with E-state index in [0.29, 0.717) is 0 Å². The predicted octanol–water partition coefficient (Wildman–Crippen LogP) is 2.04. The lowest BCUT2D eigenvalue weighted by Crippen LogP contribution is -2.13. The molecule has 0 saturated carbocycles. The molecule has 94 valence electrons. The Hall–Kier alpha value is -1.64. The van der Waals surface area contributed by atoms with Gasteiger partial charge in [-0.25, -0.2) is 14.6 Å². The number of alkyl halides is 3. The normalized spacial score (nSPS) is 11.3. The van der Waals surface area contributed by atoms with Gasteiger partial charge >= 0.3 is 18.1 Å². The Balaban J connectivity index is 3.26. The SMILES string of the molecule is CCOC(=O)c1sc(C(=O)O)nc1C(F)(F)F. The molecule has 1 heterocycles. The summed E-state index contributed by atoms with van der Waals surface area (Å²) in [5.41, 5.74) is -1.53. The summed E-state index contributed by atoms with van der Waals surface area (Å²) in [5, 5.41) is 7.72. The van der Waals surface area contributed by atoms with Gasteiger partial charge in [-0.3, -0.25) is 0 Å². The summed E-state index contributed by atoms with van der Waals surface area (Å²) in [6.45, 7) is 1.31. The number of halogens is 3. The van der Waals surface area contributed by atoms with E-state index in [1.54, 1.807) is 0 Å². The average Bonchev–Trinajstić information content (AvgIpc) is 2.61. The van der Waals surface area contributed by atoms with Crippen molar-refractivity contribution in [3.05, 3.63) is 15.6 Å². The molecule has 1 aromatic heterocycles. The molecule has 0 aliphatic carbocycles. The molecule has 0 saturated heterocycles. The van der Waals surface area contributed by atoms with Crippen molar-refractivity contribution in [3.63, 3.8) is 0 Å². The highest BCUT2D eigenvalue weighted by molar-refractivity contribution is 7.15. The second kappa shape index (κ2) is 4.70. The van der Waals surface area contributed by atoms with Crippen LogP contribution in [0.15, 0.2) is 0 Å². The number of aromatic nitrogens is 1. The Kier molecular flexibility index (Phi) is 3.71. The van der Waals surface area contributed by atoms with Crippen molar-refractivity contribution in [2.24, 2.45) is 0 Å². The predicted molar refractivity (Wildman–Crippen MR) is 50.0 cm³/mol. The van der Waals surface area contributed by atoms with E-state index in [9.17, 15) is 22.8 Å². The van der Waals surface area contributed by atoms with Crippen molar-refractivity contribution in [3.8, 4) is 0 Å². The molecule has 5 nitrogen and oxygen atoms in total. The maximum absolute atomic E-state index is 12.5. The number of aromatic carboxylic acids is 1. The van der Waals surface area contributed by atoms with Crippen LogP contribution in [-0.4, -0.2) is 28.6 Å². The van der Waals surface area contributed by atoms with Crippen molar-refractivity contribution in [2.75, 3.05) is 6.61 Å². The zero-order chi connectivity index (χ0) is 13.2. The van der Waals surface area contributed by atoms with Gasteiger partial charge in [0.2, 0.25) is 5.01 Å². The first-order chi connectivity index (χ1) is 7.77. The van der Waals surface area contributed by atoms with E-state index in [-0.39, 0.29) is 17.9 Å². The van der Waals surface area contributed by atoms with Gasteiger partial charge in [-0.05, 0) is 6.92 Å². The fraction of sp³-hybridized carbons (Fsp3) is 0.375. The molecule has 17 heavy (non-hydrogen) atoms. The third-order valence-corrected chi connectivity index (χ3v) is 2.56. The molecule has 0 aromatic carbocycles. The minimum Gasteiger partial charge on any atom is -0.476 e. The van der Waals surface area contributed by atoms with Crippen LogP contribution in [0.2, 0.25) is 0 Å². The molecule has 0 aliphatic heterocycles. The fourth-order valence-electron chi connectivity index (χ4n) is 0.939. The van der Waals surface area contributed by atoms with Gasteiger partial charge in [-0.2, -0.15) is 13.2 Å². The van der Waals surface area contributed by atoms with Crippen LogP contribution in [0.4, 0.5) is 13.2 Å². The van der Waals surface area contributed by atoms with Crippen LogP contribution >= 0.6 is 11.3 Å². The summed E-state index contributed by atoms with van der Waals surface area (Å²) in [4.78, 5) is 23.7. The molecule has 0 fully saturated rings. The number of thiazole rings is 1. The molecule has 0 aliphatic rings. The highest BCUT2D eigenvalue weighted by Crippen LogP contribution is 2.34. The largest absolute Gasteiger partial charge is 0.476 e. The number of esters is 1. The molecular weight excluding hydrogens is 263 g/mol. The van der Waals surface area contributed by atoms with Crippen LogP contribution in [0.1, 0.15) is 32.1 Å². The summed E-state index contributed by atoms with van der Waals surface area (Å²) in [7, 11) is 0. The highest BCUT2D eigenvalue weighted by atomic mass is 32.1. The summed E-state index contributed by atoms with van der Waals surface area (Å²) in [6.07, 6.45) is -4.90. The van der Waals surface area contributed by atoms with Crippen molar-refractivity contribution in [1.29, 1.82) is 0 Å². The van der Waals surface area contributed by atoms with Gasteiger partial charge < -0.3 is 9.84 Å². The Morgan fingerprint density at radius 1 is 1.47 bits per heavy atom. The summed E-state index contributed by atoms with van der Waals surface area (Å²) >= 11 is 0.137. The lowest BCUT2D eigenvalue weighted by molar-refractivity contribution is -0.141. The smallest absolute Gasteiger partial charge is 0.435 e. The van der Waals surface area contributed by atoms with E-state index in [1.807, 2.05) is 0 Å². The third-order valence-electron chi connectivity index (χ3n) is 1.54. The number of carboxylic acid groups (broad SMARTS) is 1. The molecule has 1 aromatic rings. The van der Waals surface area contributed by atoms with Crippen molar-refractivity contribution in [1.82, 2.24) is 4.98 Å². The highest BCUT2D eigenvalue weighted by Gasteiger charge is 2.40. The number of carboxylic acids is 1. The number of ether oxygens (including phenoxy) is 1. The van der Waals surface area contributed by atoms with Crippen molar-refractivity contribution >= 4 is 23.3 Å². The first-order valence-electron chi connectivity index (χ1n) is 4.25. The van der Waals surface area contributed by atoms with Gasteiger partial charge in [0.15, 0.2) is 5.69 Å². The van der Waals surface area contributed by atoms with Crippen LogP contribution in [0.25, 0.3) is 0 Å². The van der Waals surface area contributed by atoms with Crippen LogP contribution < -0.4 is 0 Å². The molecular formula is C8H6F3NO4S. The van der Waals surface area contributed by atoms with Crippen LogP contribution in [-0.2, 0) is 10.9 Å². The van der Waals surface area contributed by atoms with E-state index in [1.165, 1.54) is 6.92 Å². The first-order valence-corrected chi connectivity index (χ1v) is 5.07. The van der Waals surface area contributed by atoms with Gasteiger partial charge in [0.05, 0.1) is 6.61 Å². The quantitative estimate of drug-likeness (QED) is 0.850. The fourth-order valence-corrected chi connectivity index (χ4v) is 1.76. The number of carbonyl (C=O) groups excluding carboxylic acids is 1. The van der Waals surface area contributed by atoms with Gasteiger partial charge in [0.25, 0.3) is 0 Å². The topological polar surface area (TPSA) is 76.5 Å². The van der Waals surface area contributed by atoms with Gasteiger partial charge in [-0.15, -0.1) is 0 Å². The zero-order valence-corrected chi connectivity index (χ0v) is 9.18. The van der Waals surface area contributed by atoms with Crippen molar-refractivity contribution in [2.45, 2.75) is 13.1 Å². The molecule has 1 N–H and O–H groups in total. The molecule has 0 radical (unpaired) electrons. The van der Waals surface area contributed by atoms with E-state index >= 15 is 0 Å². The molecule has 0 atom stereocenters. The second-order valence-electron chi connectivity index (χ2n) is 2.72. The summed E-state index contributed by atoms with van der Waals surface area (Å²) in [5.74, 6) is -2.86. The number of nitrogens with zero attached hydrogens (tertiary/aromatic N) is 1. The monoisotopic (exact) mass is 269 g/mol. The molecule has 1 rings (SSSR count). The Labute approximate surface area is 96.8 Å². The Bertz CT molecular complexity index is 454. The summed E-state index contributed by atoms with van der Waals surface area (Å²) < 4.78 is 41.8. The van der Waals surface area contributed by atoms with Crippen LogP contribution in [0.3, 0.4) is 0 Å². The van der Waals surface area contributed by atoms with Gasteiger partial charge in [0.1, 0.15) is 4.88 Å². The maximum Gasteiger partial charge on any atom is 0.435 e. The lowest BCUT2D eigenvalue weighted by Gasteiger charge is -2.04. The molecule has 0 bridgehead atoms. The molecule has 0 amide bonds. The van der Waals surface area contributed by atoms with Gasteiger partial charge in [0, 0.05) is 0 Å². The minimum atomic E-state index is -4.90. The van der Waals surface area contributed by atoms with Crippen molar-refractivity contribution < 1.29 is 32.6 Å². The van der Waals surface area contributed by atoms with E-state index in [2.05, 4.69) is 9.72 Å². The Morgan fingerprint density at radius 3 is 2.47 bits per heavy atom. The number of hydrogen-bond donors (Lipinski definition) is 1. The van der Waals surface area contributed by atoms with Crippen LogP contribution in [0.5, 0.6) is 0 Å². The van der Waals surface area contributed by atoms with Gasteiger partial charge in [-0.1, -0.05) is 11.3 Å². The standard InChI is InChI=1S/C8H6F3NO4S/c1-2-16-7(15)3-4(8(9,10)11)12-5(17-3)6(13)14/h2H2,1H3,(H,13,14). The minimum absolute atomic E-state index is 0.115. The lowest BCUT2D eigenvalue weighted by atomic mass is 10.3. The van der Waals surface area contributed by atoms with Crippen LogP contribution in [0, 0.1) is 0 Å². The van der Waals surface area contributed by atoms with E-state index < -0.39 is 33.7 Å². The summed E-state index contributed by atoms with van der Waals surface area (Å²) in [6, 6.07) is 0. The third kappa shape index (κ3) is 2.93. The Morgan fingerprint density at radius 2 is 2.06 bits per heavy atom. The van der Waals surface area contributed by atoms with E-state index in [0.717, 1.165) is 0 Å².